The predicted molar refractivity (Wildman–Crippen MR) is 67.4 cm³/mol. The molecule has 2 rings (SSSR count). The summed E-state index contributed by atoms with van der Waals surface area (Å²) in [5, 5.41) is 20.8. The summed E-state index contributed by atoms with van der Waals surface area (Å²) in [6.45, 7) is 1.04. The van der Waals surface area contributed by atoms with Crippen molar-refractivity contribution in [2.45, 2.75) is 18.9 Å². The molecule has 0 radical (unpaired) electrons. The van der Waals surface area contributed by atoms with Gasteiger partial charge in [0.15, 0.2) is 0 Å². The Morgan fingerprint density at radius 3 is 3.05 bits per heavy atom. The second kappa shape index (κ2) is 6.36. The Morgan fingerprint density at radius 2 is 2.42 bits per heavy atom. The molecular weight excluding hydrogens is 246 g/mol. The number of aliphatic hydroxyl groups excluding tert-OH is 1. The van der Waals surface area contributed by atoms with E-state index in [2.05, 4.69) is 10.3 Å². The Bertz CT molecular complexity index is 474. The quantitative estimate of drug-likeness (QED) is 0.663. The summed E-state index contributed by atoms with van der Waals surface area (Å²) in [5.41, 5.74) is 0.640. The fourth-order valence-corrected chi connectivity index (χ4v) is 1.61. The number of H-pyrrole nitrogens is 1. The number of nitrogens with one attached hydrogen (secondary N) is 2. The van der Waals surface area contributed by atoms with Gasteiger partial charge in [0, 0.05) is 13.2 Å². The summed E-state index contributed by atoms with van der Waals surface area (Å²) < 4.78 is 5.33. The normalized spacial score (nSPS) is 15.8. The maximum absolute atomic E-state index is 11.7. The number of nitriles is 1. The first kappa shape index (κ1) is 13.6. The molecule has 6 nitrogen and oxygen atoms in total. The third-order valence-electron chi connectivity index (χ3n) is 2.91. The lowest BCUT2D eigenvalue weighted by Gasteiger charge is -2.11. The summed E-state index contributed by atoms with van der Waals surface area (Å²) in [6.07, 6.45) is 1.70. The number of hydrogen-bond acceptors (Lipinski definition) is 4. The number of hydrogen-bond donors (Lipinski definition) is 3. The Hall–Kier alpha value is -1.84. The van der Waals surface area contributed by atoms with E-state index < -0.39 is 6.10 Å². The van der Waals surface area contributed by atoms with Gasteiger partial charge in [-0.1, -0.05) is 0 Å². The van der Waals surface area contributed by atoms with E-state index in [9.17, 15) is 9.90 Å². The van der Waals surface area contributed by atoms with Crippen LogP contribution in [-0.2, 0) is 4.74 Å². The molecule has 0 aromatic carbocycles. The van der Waals surface area contributed by atoms with Gasteiger partial charge in [0.2, 0.25) is 0 Å². The van der Waals surface area contributed by atoms with E-state index in [0.717, 1.165) is 0 Å². The standard InChI is InChI=1S/C13H17N3O3/c14-5-10-3-4-12(16-10)13(18)15-6-11(17)8-19-7-9-1-2-9/h3-4,9,11,16-17H,1-2,6-8H2,(H,15,18). The van der Waals surface area contributed by atoms with Gasteiger partial charge in [-0.3, -0.25) is 4.79 Å². The molecule has 0 aliphatic heterocycles. The number of carbonyl (C=O) groups excluding carboxylic acids is 1. The first-order chi connectivity index (χ1) is 9.19. The molecule has 1 unspecified atom stereocenters. The minimum absolute atomic E-state index is 0.129. The molecule has 0 bridgehead atoms. The zero-order valence-corrected chi connectivity index (χ0v) is 10.6. The van der Waals surface area contributed by atoms with Crippen LogP contribution in [0, 0.1) is 17.2 Å². The van der Waals surface area contributed by atoms with Crippen molar-refractivity contribution in [1.29, 1.82) is 5.26 Å². The van der Waals surface area contributed by atoms with Crippen molar-refractivity contribution < 1.29 is 14.6 Å². The highest BCUT2D eigenvalue weighted by Gasteiger charge is 2.21. The van der Waals surface area contributed by atoms with Gasteiger partial charge in [-0.2, -0.15) is 5.26 Å². The van der Waals surface area contributed by atoms with Gasteiger partial charge in [-0.15, -0.1) is 0 Å². The molecule has 1 aliphatic carbocycles. The van der Waals surface area contributed by atoms with Crippen molar-refractivity contribution >= 4 is 5.91 Å². The largest absolute Gasteiger partial charge is 0.389 e. The Morgan fingerprint density at radius 1 is 1.63 bits per heavy atom. The van der Waals surface area contributed by atoms with Gasteiger partial charge in [-0.05, 0) is 30.9 Å². The highest BCUT2D eigenvalue weighted by Crippen LogP contribution is 2.28. The number of ether oxygens (including phenoxy) is 1. The van der Waals surface area contributed by atoms with Crippen molar-refractivity contribution in [1.82, 2.24) is 10.3 Å². The minimum Gasteiger partial charge on any atom is -0.389 e. The van der Waals surface area contributed by atoms with Gasteiger partial charge in [0.25, 0.3) is 5.91 Å². The zero-order valence-electron chi connectivity index (χ0n) is 10.6. The smallest absolute Gasteiger partial charge is 0.267 e. The first-order valence-electron chi connectivity index (χ1n) is 6.32. The van der Waals surface area contributed by atoms with Crippen LogP contribution in [0.4, 0.5) is 0 Å². The topological polar surface area (TPSA) is 98.1 Å². The van der Waals surface area contributed by atoms with Gasteiger partial charge in [-0.25, -0.2) is 0 Å². The van der Waals surface area contributed by atoms with E-state index in [1.165, 1.54) is 25.0 Å². The van der Waals surface area contributed by atoms with Crippen LogP contribution in [0.15, 0.2) is 12.1 Å². The van der Waals surface area contributed by atoms with Crippen LogP contribution >= 0.6 is 0 Å². The second-order valence-corrected chi connectivity index (χ2v) is 4.74. The molecule has 1 fully saturated rings. The lowest BCUT2D eigenvalue weighted by Crippen LogP contribution is -2.34. The lowest BCUT2D eigenvalue weighted by molar-refractivity contribution is 0.0320. The average Bonchev–Trinajstić information content (AvgIpc) is 3.10. The van der Waals surface area contributed by atoms with Gasteiger partial charge in [0.1, 0.15) is 17.5 Å². The summed E-state index contributed by atoms with van der Waals surface area (Å²) in [5.74, 6) is 0.313. The van der Waals surface area contributed by atoms with Crippen molar-refractivity contribution in [2.75, 3.05) is 19.8 Å². The van der Waals surface area contributed by atoms with Crippen LogP contribution in [0.3, 0.4) is 0 Å². The van der Waals surface area contributed by atoms with E-state index in [4.69, 9.17) is 10.00 Å². The molecule has 1 atom stereocenters. The maximum atomic E-state index is 11.7. The molecule has 1 aliphatic rings. The maximum Gasteiger partial charge on any atom is 0.267 e. The molecule has 1 aromatic heterocycles. The SMILES string of the molecule is N#Cc1ccc(C(=O)NCC(O)COCC2CC2)[nH]1. The highest BCUT2D eigenvalue weighted by molar-refractivity contribution is 5.92. The molecule has 1 aromatic rings. The zero-order chi connectivity index (χ0) is 13.7. The number of nitrogens with zero attached hydrogens (tertiary/aromatic N) is 1. The Balaban J connectivity index is 1.65. The summed E-state index contributed by atoms with van der Waals surface area (Å²) in [7, 11) is 0. The van der Waals surface area contributed by atoms with E-state index in [1.54, 1.807) is 0 Å². The van der Waals surface area contributed by atoms with Crippen LogP contribution in [0.5, 0.6) is 0 Å². The summed E-state index contributed by atoms with van der Waals surface area (Å²) in [6, 6.07) is 4.97. The fraction of sp³-hybridized carbons (Fsp3) is 0.538. The number of aromatic nitrogens is 1. The molecule has 0 spiro atoms. The molecular formula is C13H17N3O3. The molecule has 6 heteroatoms. The number of rotatable bonds is 7. The summed E-state index contributed by atoms with van der Waals surface area (Å²) in [4.78, 5) is 14.3. The summed E-state index contributed by atoms with van der Waals surface area (Å²) >= 11 is 0. The van der Waals surface area contributed by atoms with Crippen molar-refractivity contribution in [3.05, 3.63) is 23.5 Å². The van der Waals surface area contributed by atoms with Gasteiger partial charge in [0.05, 0.1) is 12.7 Å². The van der Waals surface area contributed by atoms with Crippen LogP contribution < -0.4 is 5.32 Å². The van der Waals surface area contributed by atoms with Crippen LogP contribution in [0.2, 0.25) is 0 Å². The molecule has 3 N–H and O–H groups in total. The molecule has 102 valence electrons. The molecule has 1 saturated carbocycles. The Labute approximate surface area is 111 Å². The van der Waals surface area contributed by atoms with Gasteiger partial charge < -0.3 is 20.1 Å². The van der Waals surface area contributed by atoms with Crippen LogP contribution in [0.25, 0.3) is 0 Å². The highest BCUT2D eigenvalue weighted by atomic mass is 16.5. The van der Waals surface area contributed by atoms with E-state index >= 15 is 0 Å². The van der Waals surface area contributed by atoms with Crippen molar-refractivity contribution in [2.24, 2.45) is 5.92 Å². The predicted octanol–water partition coefficient (Wildman–Crippen LogP) is 0.404. The number of amides is 1. The van der Waals surface area contributed by atoms with E-state index in [0.29, 0.717) is 23.9 Å². The fourth-order valence-electron chi connectivity index (χ4n) is 1.61. The second-order valence-electron chi connectivity index (χ2n) is 4.74. The van der Waals surface area contributed by atoms with Crippen molar-refractivity contribution in [3.8, 4) is 6.07 Å². The molecule has 1 amide bonds. The molecule has 1 heterocycles. The minimum atomic E-state index is -0.715. The number of aromatic amines is 1. The van der Waals surface area contributed by atoms with E-state index in [1.807, 2.05) is 6.07 Å². The van der Waals surface area contributed by atoms with Crippen LogP contribution in [0.1, 0.15) is 29.0 Å². The third kappa shape index (κ3) is 4.39. The first-order valence-corrected chi connectivity index (χ1v) is 6.32. The monoisotopic (exact) mass is 263 g/mol. The van der Waals surface area contributed by atoms with E-state index in [-0.39, 0.29) is 19.1 Å². The molecule has 19 heavy (non-hydrogen) atoms. The van der Waals surface area contributed by atoms with Crippen LogP contribution in [-0.4, -0.2) is 41.9 Å². The lowest BCUT2D eigenvalue weighted by atomic mass is 10.3. The van der Waals surface area contributed by atoms with Crippen molar-refractivity contribution in [3.63, 3.8) is 0 Å². The molecule has 0 saturated heterocycles. The average molecular weight is 263 g/mol. The third-order valence-corrected chi connectivity index (χ3v) is 2.91. The van der Waals surface area contributed by atoms with Gasteiger partial charge >= 0.3 is 0 Å². The number of aliphatic hydroxyl groups is 1. The Kier molecular flexibility index (Phi) is 4.55. The number of carbonyl (C=O) groups is 1.